The second-order valence-electron chi connectivity index (χ2n) is 3.02. The lowest BCUT2D eigenvalue weighted by Gasteiger charge is -2.01. The number of nitrogens with one attached hydrogen (secondary N) is 1. The lowest BCUT2D eigenvalue weighted by molar-refractivity contribution is 0.740. The fourth-order valence-electron chi connectivity index (χ4n) is 0.941. The Balaban J connectivity index is 2.36. The van der Waals surface area contributed by atoms with Gasteiger partial charge < -0.3 is 5.43 Å². The second kappa shape index (κ2) is 5.36. The van der Waals surface area contributed by atoms with Gasteiger partial charge in [0.25, 0.3) is 0 Å². The minimum Gasteiger partial charge on any atom is -0.306 e. The van der Waals surface area contributed by atoms with Crippen LogP contribution in [0.5, 0.6) is 0 Å². The molecule has 0 amide bonds. The Bertz CT molecular complexity index is 265. The second-order valence-corrected chi connectivity index (χ2v) is 3.02. The van der Waals surface area contributed by atoms with Gasteiger partial charge in [-0.25, -0.2) is 0 Å². The fourth-order valence-corrected chi connectivity index (χ4v) is 0.941. The molecule has 1 aromatic carbocycles. The molecular weight excluding hydrogens is 160 g/mol. The van der Waals surface area contributed by atoms with Gasteiger partial charge in [0.05, 0.1) is 6.54 Å². The molecule has 2 nitrogen and oxygen atoms in total. The number of hydrogen-bond acceptors (Lipinski definition) is 2. The molecule has 70 valence electrons. The molecule has 1 rings (SSSR count). The topological polar surface area (TPSA) is 24.4 Å². The van der Waals surface area contributed by atoms with Crippen LogP contribution >= 0.6 is 0 Å². The SMILES string of the molecule is CCC(C)=NNCc1ccccc1. The summed E-state index contributed by atoms with van der Waals surface area (Å²) in [6, 6.07) is 10.3. The van der Waals surface area contributed by atoms with Crippen LogP contribution in [0.4, 0.5) is 0 Å². The zero-order chi connectivity index (χ0) is 9.52. The predicted molar refractivity (Wildman–Crippen MR) is 56.7 cm³/mol. The van der Waals surface area contributed by atoms with E-state index < -0.39 is 0 Å². The van der Waals surface area contributed by atoms with Gasteiger partial charge in [-0.1, -0.05) is 37.3 Å². The highest BCUT2D eigenvalue weighted by molar-refractivity contribution is 5.81. The maximum atomic E-state index is 4.20. The van der Waals surface area contributed by atoms with Gasteiger partial charge in [-0.15, -0.1) is 0 Å². The van der Waals surface area contributed by atoms with Crippen molar-refractivity contribution in [1.82, 2.24) is 5.43 Å². The minimum atomic E-state index is 0.804. The summed E-state index contributed by atoms with van der Waals surface area (Å²) in [7, 11) is 0. The first-order valence-electron chi connectivity index (χ1n) is 4.63. The van der Waals surface area contributed by atoms with E-state index in [0.717, 1.165) is 18.7 Å². The number of hydrazone groups is 1. The summed E-state index contributed by atoms with van der Waals surface area (Å²) in [5.41, 5.74) is 5.43. The Morgan fingerprint density at radius 1 is 1.31 bits per heavy atom. The molecule has 0 aliphatic heterocycles. The van der Waals surface area contributed by atoms with E-state index >= 15 is 0 Å². The van der Waals surface area contributed by atoms with Crippen molar-refractivity contribution in [3.05, 3.63) is 35.9 Å². The van der Waals surface area contributed by atoms with Gasteiger partial charge in [0.15, 0.2) is 0 Å². The van der Waals surface area contributed by atoms with Crippen molar-refractivity contribution in [3.8, 4) is 0 Å². The van der Waals surface area contributed by atoms with Crippen LogP contribution in [0.25, 0.3) is 0 Å². The van der Waals surface area contributed by atoms with Crippen LogP contribution in [0.15, 0.2) is 35.4 Å². The Kier molecular flexibility index (Phi) is 4.03. The van der Waals surface area contributed by atoms with Crippen molar-refractivity contribution in [1.29, 1.82) is 0 Å². The first-order valence-corrected chi connectivity index (χ1v) is 4.63. The Hall–Kier alpha value is -1.31. The first kappa shape index (κ1) is 9.78. The highest BCUT2D eigenvalue weighted by Crippen LogP contribution is 1.96. The molecule has 0 aliphatic rings. The van der Waals surface area contributed by atoms with E-state index in [1.165, 1.54) is 5.56 Å². The molecule has 0 saturated heterocycles. The van der Waals surface area contributed by atoms with Gasteiger partial charge in [0.2, 0.25) is 0 Å². The van der Waals surface area contributed by atoms with Crippen LogP contribution < -0.4 is 5.43 Å². The van der Waals surface area contributed by atoms with E-state index in [-0.39, 0.29) is 0 Å². The van der Waals surface area contributed by atoms with Gasteiger partial charge >= 0.3 is 0 Å². The molecule has 0 aromatic heterocycles. The number of hydrogen-bond donors (Lipinski definition) is 1. The standard InChI is InChI=1S/C11H16N2/c1-3-10(2)13-12-9-11-7-5-4-6-8-11/h4-8,12H,3,9H2,1-2H3. The van der Waals surface area contributed by atoms with Crippen molar-refractivity contribution in [2.45, 2.75) is 26.8 Å². The summed E-state index contributed by atoms with van der Waals surface area (Å²) in [6.07, 6.45) is 1.00. The molecule has 0 spiro atoms. The predicted octanol–water partition coefficient (Wildman–Crippen LogP) is 2.56. The molecule has 0 aliphatic carbocycles. The monoisotopic (exact) mass is 176 g/mol. The smallest absolute Gasteiger partial charge is 0.0580 e. The van der Waals surface area contributed by atoms with E-state index in [1.807, 2.05) is 25.1 Å². The zero-order valence-corrected chi connectivity index (χ0v) is 8.25. The van der Waals surface area contributed by atoms with Crippen molar-refractivity contribution in [2.24, 2.45) is 5.10 Å². The maximum Gasteiger partial charge on any atom is 0.0580 e. The lowest BCUT2D eigenvalue weighted by Crippen LogP contribution is -2.07. The molecule has 0 fully saturated rings. The minimum absolute atomic E-state index is 0.804. The van der Waals surface area contributed by atoms with Gasteiger partial charge in [0.1, 0.15) is 0 Å². The summed E-state index contributed by atoms with van der Waals surface area (Å²) < 4.78 is 0. The Morgan fingerprint density at radius 2 is 2.00 bits per heavy atom. The molecule has 2 heteroatoms. The van der Waals surface area contributed by atoms with Crippen molar-refractivity contribution >= 4 is 5.71 Å². The summed E-state index contributed by atoms with van der Waals surface area (Å²) in [4.78, 5) is 0. The fraction of sp³-hybridized carbons (Fsp3) is 0.364. The summed E-state index contributed by atoms with van der Waals surface area (Å²) in [5, 5.41) is 4.20. The molecule has 0 atom stereocenters. The lowest BCUT2D eigenvalue weighted by atomic mass is 10.2. The van der Waals surface area contributed by atoms with Crippen molar-refractivity contribution in [2.75, 3.05) is 0 Å². The maximum absolute atomic E-state index is 4.20. The third-order valence-electron chi connectivity index (χ3n) is 1.91. The van der Waals surface area contributed by atoms with Gasteiger partial charge in [-0.2, -0.15) is 5.10 Å². The summed E-state index contributed by atoms with van der Waals surface area (Å²) in [6.45, 7) is 4.93. The molecule has 13 heavy (non-hydrogen) atoms. The van der Waals surface area contributed by atoms with E-state index in [1.54, 1.807) is 0 Å². The van der Waals surface area contributed by atoms with Crippen molar-refractivity contribution < 1.29 is 0 Å². The average Bonchev–Trinajstić information content (AvgIpc) is 2.19. The van der Waals surface area contributed by atoms with Gasteiger partial charge in [-0.3, -0.25) is 0 Å². The van der Waals surface area contributed by atoms with E-state index in [2.05, 4.69) is 29.6 Å². The third-order valence-corrected chi connectivity index (χ3v) is 1.91. The quantitative estimate of drug-likeness (QED) is 0.553. The number of rotatable bonds is 4. The Labute approximate surface area is 79.7 Å². The molecule has 0 bridgehead atoms. The van der Waals surface area contributed by atoms with Crippen LogP contribution in [0, 0.1) is 0 Å². The van der Waals surface area contributed by atoms with Gasteiger partial charge in [0, 0.05) is 5.71 Å². The van der Waals surface area contributed by atoms with Crippen LogP contribution in [-0.4, -0.2) is 5.71 Å². The van der Waals surface area contributed by atoms with E-state index in [9.17, 15) is 0 Å². The van der Waals surface area contributed by atoms with Crippen LogP contribution in [0.2, 0.25) is 0 Å². The molecular formula is C11H16N2. The highest BCUT2D eigenvalue weighted by Gasteiger charge is 1.88. The third kappa shape index (κ3) is 3.74. The Morgan fingerprint density at radius 3 is 2.62 bits per heavy atom. The zero-order valence-electron chi connectivity index (χ0n) is 8.25. The number of benzene rings is 1. The summed E-state index contributed by atoms with van der Waals surface area (Å²) >= 11 is 0. The van der Waals surface area contributed by atoms with Crippen molar-refractivity contribution in [3.63, 3.8) is 0 Å². The molecule has 0 unspecified atom stereocenters. The van der Waals surface area contributed by atoms with E-state index in [0.29, 0.717) is 0 Å². The molecule has 0 radical (unpaired) electrons. The van der Waals surface area contributed by atoms with Crippen LogP contribution in [-0.2, 0) is 6.54 Å². The summed E-state index contributed by atoms with van der Waals surface area (Å²) in [5.74, 6) is 0. The van der Waals surface area contributed by atoms with Gasteiger partial charge in [-0.05, 0) is 18.9 Å². The normalized spacial score (nSPS) is 11.4. The van der Waals surface area contributed by atoms with E-state index in [4.69, 9.17) is 0 Å². The van der Waals surface area contributed by atoms with Crippen LogP contribution in [0.3, 0.4) is 0 Å². The molecule has 1 N–H and O–H groups in total. The molecule has 0 saturated carbocycles. The molecule has 0 heterocycles. The first-order chi connectivity index (χ1) is 6.33. The molecule has 1 aromatic rings. The highest BCUT2D eigenvalue weighted by atomic mass is 15.3. The average molecular weight is 176 g/mol. The van der Waals surface area contributed by atoms with Crippen LogP contribution in [0.1, 0.15) is 25.8 Å². The number of nitrogens with zero attached hydrogens (tertiary/aromatic N) is 1. The largest absolute Gasteiger partial charge is 0.306 e.